The summed E-state index contributed by atoms with van der Waals surface area (Å²) in [6, 6.07) is -0.201. The first kappa shape index (κ1) is 8.83. The number of nitrogens with zero attached hydrogens (tertiary/aromatic N) is 2. The van der Waals surface area contributed by atoms with Gasteiger partial charge in [0.2, 0.25) is 0 Å². The topological polar surface area (TPSA) is 78.9 Å². The molecule has 0 bridgehead atoms. The molecule has 1 aliphatic rings. The molecule has 1 amide bonds. The summed E-state index contributed by atoms with van der Waals surface area (Å²) in [7, 11) is 1.58. The van der Waals surface area contributed by atoms with E-state index in [9.17, 15) is 4.79 Å². The lowest BCUT2D eigenvalue weighted by Gasteiger charge is -2.20. The van der Waals surface area contributed by atoms with E-state index in [-0.39, 0.29) is 6.04 Å². The highest BCUT2D eigenvalue weighted by Gasteiger charge is 2.30. The molecular weight excluding hydrogens is 158 g/mol. The van der Waals surface area contributed by atoms with E-state index in [2.05, 4.69) is 4.99 Å². The van der Waals surface area contributed by atoms with Crippen LogP contribution in [0, 0.1) is 0 Å². The molecule has 0 radical (unpaired) electrons. The van der Waals surface area contributed by atoms with Crippen LogP contribution in [0.3, 0.4) is 0 Å². The fourth-order valence-corrected chi connectivity index (χ4v) is 1.45. The summed E-state index contributed by atoms with van der Waals surface area (Å²) in [4.78, 5) is 15.8. The van der Waals surface area contributed by atoms with Gasteiger partial charge in [-0.25, -0.2) is 4.79 Å². The lowest BCUT2D eigenvalue weighted by atomic mass is 10.2. The lowest BCUT2D eigenvalue weighted by Crippen LogP contribution is -2.43. The molecule has 68 valence electrons. The third-order valence-corrected chi connectivity index (χ3v) is 2.10. The number of aliphatic imine (C=N–C) groups is 1. The van der Waals surface area contributed by atoms with Crippen LogP contribution >= 0.6 is 0 Å². The smallest absolute Gasteiger partial charge is 0.407 e. The van der Waals surface area contributed by atoms with Gasteiger partial charge in [0.15, 0.2) is 0 Å². The van der Waals surface area contributed by atoms with Gasteiger partial charge in [-0.1, -0.05) is 0 Å². The van der Waals surface area contributed by atoms with E-state index < -0.39 is 6.09 Å². The average molecular weight is 171 g/mol. The van der Waals surface area contributed by atoms with Gasteiger partial charge in [0.05, 0.1) is 6.04 Å². The number of carbonyl (C=O) groups is 1. The summed E-state index contributed by atoms with van der Waals surface area (Å²) in [5, 5.41) is 8.74. The first-order valence-electron chi connectivity index (χ1n) is 3.88. The summed E-state index contributed by atoms with van der Waals surface area (Å²) >= 11 is 0. The molecule has 0 aromatic rings. The van der Waals surface area contributed by atoms with Crippen LogP contribution in [-0.2, 0) is 0 Å². The highest BCUT2D eigenvalue weighted by molar-refractivity contribution is 5.88. The Labute approximate surface area is 70.9 Å². The standard InChI is InChI=1S/C7H13N3O2/c1-9-6(8)5-3-2-4-10(5)7(11)12/h5H,2-4H2,1H3,(H2,8,9)(H,11,12). The molecule has 5 heteroatoms. The summed E-state index contributed by atoms with van der Waals surface area (Å²) in [6.45, 7) is 0.566. The molecule has 1 rings (SSSR count). The van der Waals surface area contributed by atoms with Crippen molar-refractivity contribution in [2.75, 3.05) is 13.6 Å². The normalized spacial score (nSPS) is 24.6. The van der Waals surface area contributed by atoms with E-state index in [1.807, 2.05) is 0 Å². The number of hydrogen-bond acceptors (Lipinski definition) is 2. The largest absolute Gasteiger partial charge is 0.465 e. The minimum Gasteiger partial charge on any atom is -0.465 e. The van der Waals surface area contributed by atoms with Crippen LogP contribution in [0.5, 0.6) is 0 Å². The molecule has 1 atom stereocenters. The minimum atomic E-state index is -0.913. The van der Waals surface area contributed by atoms with Gasteiger partial charge in [-0.15, -0.1) is 0 Å². The lowest BCUT2D eigenvalue weighted by molar-refractivity contribution is 0.149. The molecular formula is C7H13N3O2. The molecule has 0 aliphatic carbocycles. The zero-order valence-electron chi connectivity index (χ0n) is 7.03. The van der Waals surface area contributed by atoms with Crippen LogP contribution < -0.4 is 5.73 Å². The number of amidine groups is 1. The number of carboxylic acid groups (broad SMARTS) is 1. The maximum Gasteiger partial charge on any atom is 0.407 e. The molecule has 0 saturated carbocycles. The number of likely N-dealkylation sites (tertiary alicyclic amines) is 1. The summed E-state index contributed by atoms with van der Waals surface area (Å²) < 4.78 is 0. The quantitative estimate of drug-likeness (QED) is 0.434. The molecule has 0 aromatic carbocycles. The molecule has 1 heterocycles. The van der Waals surface area contributed by atoms with Gasteiger partial charge in [0.25, 0.3) is 0 Å². The molecule has 0 spiro atoms. The van der Waals surface area contributed by atoms with Crippen LogP contribution in [0.15, 0.2) is 4.99 Å². The monoisotopic (exact) mass is 171 g/mol. The first-order chi connectivity index (χ1) is 5.66. The van der Waals surface area contributed by atoms with E-state index >= 15 is 0 Å². The minimum absolute atomic E-state index is 0.201. The Hall–Kier alpha value is -1.26. The van der Waals surface area contributed by atoms with Crippen molar-refractivity contribution in [1.29, 1.82) is 0 Å². The Kier molecular flexibility index (Phi) is 2.52. The molecule has 0 aromatic heterocycles. The van der Waals surface area contributed by atoms with Crippen molar-refractivity contribution in [2.45, 2.75) is 18.9 Å². The number of amides is 1. The predicted molar refractivity (Wildman–Crippen MR) is 45.3 cm³/mol. The number of hydrogen-bond donors (Lipinski definition) is 2. The van der Waals surface area contributed by atoms with Crippen LogP contribution in [-0.4, -0.2) is 41.6 Å². The second-order valence-electron chi connectivity index (χ2n) is 2.78. The molecule has 3 N–H and O–H groups in total. The molecule has 1 fully saturated rings. The predicted octanol–water partition coefficient (Wildman–Crippen LogP) is 0.116. The van der Waals surface area contributed by atoms with Gasteiger partial charge in [-0.05, 0) is 12.8 Å². The fraction of sp³-hybridized carbons (Fsp3) is 0.714. The highest BCUT2D eigenvalue weighted by Crippen LogP contribution is 2.16. The van der Waals surface area contributed by atoms with Crippen molar-refractivity contribution in [2.24, 2.45) is 10.7 Å². The Morgan fingerprint density at radius 2 is 2.42 bits per heavy atom. The third kappa shape index (κ3) is 1.49. The van der Waals surface area contributed by atoms with Crippen LogP contribution in [0.25, 0.3) is 0 Å². The van der Waals surface area contributed by atoms with Gasteiger partial charge in [-0.2, -0.15) is 0 Å². The van der Waals surface area contributed by atoms with E-state index in [0.717, 1.165) is 12.8 Å². The van der Waals surface area contributed by atoms with Gasteiger partial charge in [-0.3, -0.25) is 9.89 Å². The third-order valence-electron chi connectivity index (χ3n) is 2.10. The Balaban J connectivity index is 2.70. The highest BCUT2D eigenvalue weighted by atomic mass is 16.4. The van der Waals surface area contributed by atoms with Gasteiger partial charge < -0.3 is 10.8 Å². The zero-order chi connectivity index (χ0) is 9.14. The second-order valence-corrected chi connectivity index (χ2v) is 2.78. The molecule has 1 aliphatic heterocycles. The number of nitrogens with two attached hydrogens (primary N) is 1. The van der Waals surface area contributed by atoms with Crippen LogP contribution in [0.1, 0.15) is 12.8 Å². The van der Waals surface area contributed by atoms with E-state index in [4.69, 9.17) is 10.8 Å². The molecule has 1 saturated heterocycles. The van der Waals surface area contributed by atoms with Gasteiger partial charge in [0, 0.05) is 13.6 Å². The average Bonchev–Trinajstić information content (AvgIpc) is 2.50. The van der Waals surface area contributed by atoms with Crippen molar-refractivity contribution in [3.05, 3.63) is 0 Å². The Morgan fingerprint density at radius 3 is 2.92 bits per heavy atom. The second kappa shape index (κ2) is 3.42. The maximum absolute atomic E-state index is 10.6. The van der Waals surface area contributed by atoms with Crippen molar-refractivity contribution in [1.82, 2.24) is 4.90 Å². The SMILES string of the molecule is CN=C(N)C1CCCN1C(=O)O. The van der Waals surface area contributed by atoms with Gasteiger partial charge in [0.1, 0.15) is 5.84 Å². The molecule has 1 unspecified atom stereocenters. The van der Waals surface area contributed by atoms with E-state index in [1.54, 1.807) is 7.05 Å². The van der Waals surface area contributed by atoms with Crippen molar-refractivity contribution >= 4 is 11.9 Å². The van der Waals surface area contributed by atoms with Crippen LogP contribution in [0.4, 0.5) is 4.79 Å². The first-order valence-corrected chi connectivity index (χ1v) is 3.88. The van der Waals surface area contributed by atoms with E-state index in [0.29, 0.717) is 12.4 Å². The van der Waals surface area contributed by atoms with E-state index in [1.165, 1.54) is 4.90 Å². The molecule has 5 nitrogen and oxygen atoms in total. The summed E-state index contributed by atoms with van der Waals surface area (Å²) in [5.41, 5.74) is 5.55. The maximum atomic E-state index is 10.6. The molecule has 12 heavy (non-hydrogen) atoms. The van der Waals surface area contributed by atoms with Crippen molar-refractivity contribution < 1.29 is 9.90 Å². The fourth-order valence-electron chi connectivity index (χ4n) is 1.45. The summed E-state index contributed by atoms with van der Waals surface area (Å²) in [6.07, 6.45) is 0.743. The Bertz CT molecular complexity index is 215. The number of rotatable bonds is 1. The van der Waals surface area contributed by atoms with Gasteiger partial charge >= 0.3 is 6.09 Å². The zero-order valence-corrected chi connectivity index (χ0v) is 7.03. The van der Waals surface area contributed by atoms with Crippen LogP contribution in [0.2, 0.25) is 0 Å². The van der Waals surface area contributed by atoms with Crippen molar-refractivity contribution in [3.63, 3.8) is 0 Å². The van der Waals surface area contributed by atoms with Crippen molar-refractivity contribution in [3.8, 4) is 0 Å². The Morgan fingerprint density at radius 1 is 1.75 bits per heavy atom. The summed E-state index contributed by atoms with van der Waals surface area (Å²) in [5.74, 6) is 0.412.